The largest absolute Gasteiger partial charge is 0.361 e. The van der Waals surface area contributed by atoms with Gasteiger partial charge in [0.1, 0.15) is 12.4 Å². The van der Waals surface area contributed by atoms with Gasteiger partial charge in [-0.2, -0.15) is 0 Å². The summed E-state index contributed by atoms with van der Waals surface area (Å²) in [6.07, 6.45) is 2.66. The number of nitrogens with zero attached hydrogens (tertiary/aromatic N) is 2. The van der Waals surface area contributed by atoms with Crippen LogP contribution in [0.1, 0.15) is 30.5 Å². The predicted octanol–water partition coefficient (Wildman–Crippen LogP) is 6.13. The molecule has 0 unspecified atom stereocenters. The molecule has 7 heteroatoms. The number of halogens is 1. The number of fused-ring (bicyclic) bond motifs is 1. The molecule has 6 nitrogen and oxygen atoms in total. The SMILES string of the molecule is Cc1ccc(CN(CCc2c[nH]c3ccccc23)C(=O)CN(C(=O)Nc2ccccc2F)C(C)C)cc1. The number of hydrogen-bond acceptors (Lipinski definition) is 2. The first-order valence-electron chi connectivity index (χ1n) is 12.5. The highest BCUT2D eigenvalue weighted by atomic mass is 19.1. The van der Waals surface area contributed by atoms with Crippen LogP contribution in [0.15, 0.2) is 79.0 Å². The van der Waals surface area contributed by atoms with Crippen LogP contribution in [0, 0.1) is 12.7 Å². The Morgan fingerprint density at radius 2 is 1.68 bits per heavy atom. The van der Waals surface area contributed by atoms with Crippen LogP contribution in [-0.2, 0) is 17.8 Å². The molecule has 4 aromatic rings. The van der Waals surface area contributed by atoms with Crippen molar-refractivity contribution >= 4 is 28.5 Å². The summed E-state index contributed by atoms with van der Waals surface area (Å²) >= 11 is 0. The maximum Gasteiger partial charge on any atom is 0.322 e. The van der Waals surface area contributed by atoms with Crippen molar-refractivity contribution in [1.82, 2.24) is 14.8 Å². The van der Waals surface area contributed by atoms with Gasteiger partial charge in [-0.25, -0.2) is 9.18 Å². The Labute approximate surface area is 217 Å². The van der Waals surface area contributed by atoms with E-state index in [1.165, 1.54) is 17.0 Å². The zero-order chi connectivity index (χ0) is 26.4. The lowest BCUT2D eigenvalue weighted by Gasteiger charge is -2.30. The van der Waals surface area contributed by atoms with E-state index in [-0.39, 0.29) is 24.2 Å². The van der Waals surface area contributed by atoms with Crippen molar-refractivity contribution in [2.45, 2.75) is 39.8 Å². The molecule has 192 valence electrons. The summed E-state index contributed by atoms with van der Waals surface area (Å²) in [7, 11) is 0. The van der Waals surface area contributed by atoms with Crippen molar-refractivity contribution in [3.63, 3.8) is 0 Å². The van der Waals surface area contributed by atoms with Crippen LogP contribution in [0.25, 0.3) is 10.9 Å². The van der Waals surface area contributed by atoms with Gasteiger partial charge in [-0.3, -0.25) is 4.79 Å². The van der Waals surface area contributed by atoms with Gasteiger partial charge in [-0.15, -0.1) is 0 Å². The van der Waals surface area contributed by atoms with Gasteiger partial charge in [0.25, 0.3) is 0 Å². The Bertz CT molecular complexity index is 1360. The van der Waals surface area contributed by atoms with Gasteiger partial charge in [0.2, 0.25) is 5.91 Å². The highest BCUT2D eigenvalue weighted by Gasteiger charge is 2.24. The number of para-hydroxylation sites is 2. The number of aromatic nitrogens is 1. The normalized spacial score (nSPS) is 11.1. The number of H-pyrrole nitrogens is 1. The molecule has 0 aliphatic carbocycles. The third kappa shape index (κ3) is 6.55. The van der Waals surface area contributed by atoms with E-state index in [2.05, 4.69) is 16.4 Å². The number of benzene rings is 3. The lowest BCUT2D eigenvalue weighted by atomic mass is 10.1. The zero-order valence-corrected chi connectivity index (χ0v) is 21.5. The Morgan fingerprint density at radius 3 is 2.41 bits per heavy atom. The van der Waals surface area contributed by atoms with E-state index in [1.807, 2.05) is 69.4 Å². The third-order valence-electron chi connectivity index (χ3n) is 6.48. The van der Waals surface area contributed by atoms with E-state index in [0.717, 1.165) is 27.6 Å². The Balaban J connectivity index is 1.51. The molecule has 0 saturated carbocycles. The smallest absolute Gasteiger partial charge is 0.322 e. The molecule has 1 heterocycles. The molecule has 0 spiro atoms. The van der Waals surface area contributed by atoms with Crippen molar-refractivity contribution in [3.8, 4) is 0 Å². The Morgan fingerprint density at radius 1 is 0.973 bits per heavy atom. The standard InChI is InChI=1S/C30H33FN4O2/c1-21(2)35(30(37)33-28-11-7-5-9-26(28)31)20-29(36)34(19-23-14-12-22(3)13-15-23)17-16-24-18-32-27-10-6-4-8-25(24)27/h4-15,18,21,32H,16-17,19-20H2,1-3H3,(H,33,37). The number of amides is 3. The second kappa shape index (κ2) is 11.7. The van der Waals surface area contributed by atoms with Crippen molar-refractivity contribution in [2.24, 2.45) is 0 Å². The molecule has 37 heavy (non-hydrogen) atoms. The first-order chi connectivity index (χ1) is 17.8. The van der Waals surface area contributed by atoms with Crippen LogP contribution in [0.5, 0.6) is 0 Å². The van der Waals surface area contributed by atoms with Gasteiger partial charge in [0, 0.05) is 36.2 Å². The average Bonchev–Trinajstić information content (AvgIpc) is 3.30. The predicted molar refractivity (Wildman–Crippen MR) is 146 cm³/mol. The van der Waals surface area contributed by atoms with Crippen molar-refractivity contribution in [2.75, 3.05) is 18.4 Å². The molecule has 0 saturated heterocycles. The molecule has 0 fully saturated rings. The second-order valence-corrected chi connectivity index (χ2v) is 9.54. The number of anilines is 1. The van der Waals surface area contributed by atoms with E-state index >= 15 is 0 Å². The van der Waals surface area contributed by atoms with Gasteiger partial charge < -0.3 is 20.1 Å². The van der Waals surface area contributed by atoms with Gasteiger partial charge in [0.05, 0.1) is 5.69 Å². The minimum absolute atomic E-state index is 0.0847. The van der Waals surface area contributed by atoms with Gasteiger partial charge >= 0.3 is 6.03 Å². The van der Waals surface area contributed by atoms with E-state index in [4.69, 9.17) is 0 Å². The zero-order valence-electron chi connectivity index (χ0n) is 21.5. The number of carbonyl (C=O) groups excluding carboxylic acids is 2. The molecule has 3 amide bonds. The summed E-state index contributed by atoms with van der Waals surface area (Å²) in [4.78, 5) is 33.1. The summed E-state index contributed by atoms with van der Waals surface area (Å²) in [5.74, 6) is -0.691. The highest BCUT2D eigenvalue weighted by molar-refractivity contribution is 5.92. The summed E-state index contributed by atoms with van der Waals surface area (Å²) in [6, 6.07) is 21.4. The summed E-state index contributed by atoms with van der Waals surface area (Å²) in [6.45, 7) is 6.52. The molecule has 4 rings (SSSR count). The third-order valence-corrected chi connectivity index (χ3v) is 6.48. The van der Waals surface area contributed by atoms with Crippen LogP contribution in [0.2, 0.25) is 0 Å². The maximum atomic E-state index is 14.1. The first kappa shape index (κ1) is 25.9. The molecule has 0 atom stereocenters. The van der Waals surface area contributed by atoms with Crippen LogP contribution in [0.3, 0.4) is 0 Å². The van der Waals surface area contributed by atoms with E-state index < -0.39 is 11.8 Å². The Hall–Kier alpha value is -4.13. The fourth-order valence-corrected chi connectivity index (χ4v) is 4.28. The molecule has 0 bridgehead atoms. The molecular formula is C30H33FN4O2. The molecular weight excluding hydrogens is 467 g/mol. The van der Waals surface area contributed by atoms with E-state index in [0.29, 0.717) is 19.5 Å². The number of carbonyl (C=O) groups is 2. The molecule has 0 aliphatic heterocycles. The molecule has 0 radical (unpaired) electrons. The van der Waals surface area contributed by atoms with Gasteiger partial charge in [0.15, 0.2) is 0 Å². The fourth-order valence-electron chi connectivity index (χ4n) is 4.28. The fraction of sp³-hybridized carbons (Fsp3) is 0.267. The van der Waals surface area contributed by atoms with Crippen molar-refractivity contribution in [3.05, 3.63) is 102 Å². The molecule has 1 aromatic heterocycles. The summed E-state index contributed by atoms with van der Waals surface area (Å²) in [5.41, 5.74) is 4.45. The van der Waals surface area contributed by atoms with Gasteiger partial charge in [-0.05, 0) is 56.5 Å². The molecule has 3 aromatic carbocycles. The summed E-state index contributed by atoms with van der Waals surface area (Å²) < 4.78 is 14.1. The van der Waals surface area contributed by atoms with Gasteiger partial charge in [-0.1, -0.05) is 60.2 Å². The molecule has 0 aliphatic rings. The Kier molecular flexibility index (Phi) is 8.23. The highest BCUT2D eigenvalue weighted by Crippen LogP contribution is 2.19. The monoisotopic (exact) mass is 500 g/mol. The summed E-state index contributed by atoms with van der Waals surface area (Å²) in [5, 5.41) is 3.74. The quantitative estimate of drug-likeness (QED) is 0.290. The number of hydrogen-bond donors (Lipinski definition) is 2. The maximum absolute atomic E-state index is 14.1. The van der Waals surface area contributed by atoms with E-state index in [1.54, 1.807) is 17.0 Å². The number of aryl methyl sites for hydroxylation is 1. The topological polar surface area (TPSA) is 68.4 Å². The second-order valence-electron chi connectivity index (χ2n) is 9.54. The lowest BCUT2D eigenvalue weighted by molar-refractivity contribution is -0.132. The first-order valence-corrected chi connectivity index (χ1v) is 12.5. The number of urea groups is 1. The average molecular weight is 501 g/mol. The number of rotatable bonds is 9. The number of nitrogens with one attached hydrogen (secondary N) is 2. The minimum atomic E-state index is -0.523. The van der Waals surface area contributed by atoms with Crippen LogP contribution in [-0.4, -0.2) is 45.9 Å². The van der Waals surface area contributed by atoms with Crippen molar-refractivity contribution in [1.29, 1.82) is 0 Å². The van der Waals surface area contributed by atoms with Crippen LogP contribution in [0.4, 0.5) is 14.9 Å². The molecule has 2 N–H and O–H groups in total. The minimum Gasteiger partial charge on any atom is -0.361 e. The number of aromatic amines is 1. The lowest BCUT2D eigenvalue weighted by Crippen LogP contribution is -2.47. The van der Waals surface area contributed by atoms with Crippen molar-refractivity contribution < 1.29 is 14.0 Å². The van der Waals surface area contributed by atoms with Crippen LogP contribution < -0.4 is 5.32 Å². The van der Waals surface area contributed by atoms with E-state index in [9.17, 15) is 14.0 Å². The van der Waals surface area contributed by atoms with Crippen LogP contribution >= 0.6 is 0 Å².